The highest BCUT2D eigenvalue weighted by Gasteiger charge is 2.06. The van der Waals surface area contributed by atoms with Crippen LogP contribution < -0.4 is 0 Å². The number of aromatic hydroxyl groups is 1. The van der Waals surface area contributed by atoms with E-state index in [4.69, 9.17) is 23.2 Å². The van der Waals surface area contributed by atoms with E-state index in [1.54, 1.807) is 19.1 Å². The minimum absolute atomic E-state index is 0.0871. The van der Waals surface area contributed by atoms with Crippen molar-refractivity contribution in [2.24, 2.45) is 0 Å². The Kier molecular flexibility index (Phi) is 2.21. The SMILES string of the molecule is Cc1nc2cc(Cl)c(Cl)cc2nc1O. The number of fused-ring (bicyclic) bond motifs is 1. The molecule has 1 heterocycles. The van der Waals surface area contributed by atoms with Gasteiger partial charge in [0, 0.05) is 0 Å². The Labute approximate surface area is 90.3 Å². The maximum Gasteiger partial charge on any atom is 0.233 e. The minimum Gasteiger partial charge on any atom is -0.492 e. The lowest BCUT2D eigenvalue weighted by Gasteiger charge is -2.02. The summed E-state index contributed by atoms with van der Waals surface area (Å²) in [4.78, 5) is 8.05. The van der Waals surface area contributed by atoms with Crippen LogP contribution in [0.15, 0.2) is 12.1 Å². The second-order valence-corrected chi connectivity index (χ2v) is 3.70. The molecule has 72 valence electrons. The number of hydrogen-bond donors (Lipinski definition) is 1. The number of benzene rings is 1. The van der Waals surface area contributed by atoms with Gasteiger partial charge in [-0.2, -0.15) is 0 Å². The number of hydrogen-bond acceptors (Lipinski definition) is 3. The fourth-order valence-electron chi connectivity index (χ4n) is 1.13. The van der Waals surface area contributed by atoms with Crippen molar-refractivity contribution in [3.8, 4) is 5.88 Å². The second kappa shape index (κ2) is 3.26. The Morgan fingerprint density at radius 1 is 1.07 bits per heavy atom. The standard InChI is InChI=1S/C9H6Cl2N2O/c1-4-9(14)13-8-3-6(11)5(10)2-7(8)12-4/h2-3H,1H3,(H,13,14). The third-order valence-corrected chi connectivity index (χ3v) is 2.58. The van der Waals surface area contributed by atoms with Gasteiger partial charge in [0.05, 0.1) is 26.8 Å². The Morgan fingerprint density at radius 3 is 2.14 bits per heavy atom. The molecule has 0 unspecified atom stereocenters. The summed E-state index contributed by atoms with van der Waals surface area (Å²) in [6.07, 6.45) is 0. The molecule has 0 fully saturated rings. The van der Waals surface area contributed by atoms with Crippen molar-refractivity contribution in [2.45, 2.75) is 6.92 Å². The lowest BCUT2D eigenvalue weighted by molar-refractivity contribution is 0.448. The number of halogens is 2. The van der Waals surface area contributed by atoms with E-state index in [1.807, 2.05) is 0 Å². The third kappa shape index (κ3) is 1.49. The van der Waals surface area contributed by atoms with Gasteiger partial charge >= 0.3 is 0 Å². The fourth-order valence-corrected chi connectivity index (χ4v) is 1.45. The quantitative estimate of drug-likeness (QED) is 0.755. The van der Waals surface area contributed by atoms with Crippen LogP contribution >= 0.6 is 23.2 Å². The summed E-state index contributed by atoms with van der Waals surface area (Å²) in [5.74, 6) is -0.0871. The predicted molar refractivity (Wildman–Crippen MR) is 56.0 cm³/mol. The maximum absolute atomic E-state index is 9.33. The van der Waals surface area contributed by atoms with E-state index >= 15 is 0 Å². The molecule has 0 radical (unpaired) electrons. The molecule has 0 amide bonds. The number of aromatic nitrogens is 2. The van der Waals surface area contributed by atoms with Crippen LogP contribution in [0.4, 0.5) is 0 Å². The first kappa shape index (κ1) is 9.49. The molecular weight excluding hydrogens is 223 g/mol. The lowest BCUT2D eigenvalue weighted by atomic mass is 10.3. The van der Waals surface area contributed by atoms with Gasteiger partial charge < -0.3 is 5.11 Å². The topological polar surface area (TPSA) is 46.0 Å². The molecule has 0 bridgehead atoms. The first-order valence-electron chi connectivity index (χ1n) is 3.90. The molecule has 2 aromatic rings. The summed E-state index contributed by atoms with van der Waals surface area (Å²) in [6.45, 7) is 1.67. The molecule has 0 aliphatic rings. The Bertz CT molecular complexity index is 424. The summed E-state index contributed by atoms with van der Waals surface area (Å²) < 4.78 is 0. The summed E-state index contributed by atoms with van der Waals surface area (Å²) >= 11 is 11.6. The Morgan fingerprint density at radius 2 is 1.57 bits per heavy atom. The van der Waals surface area contributed by atoms with Crippen LogP contribution in [0.1, 0.15) is 5.69 Å². The number of aryl methyl sites for hydroxylation is 1. The van der Waals surface area contributed by atoms with Crippen molar-refractivity contribution in [1.29, 1.82) is 0 Å². The average Bonchev–Trinajstić information content (AvgIpc) is 2.11. The van der Waals surface area contributed by atoms with Crippen LogP contribution in [0.5, 0.6) is 5.88 Å². The molecule has 5 heteroatoms. The second-order valence-electron chi connectivity index (χ2n) is 2.89. The molecule has 2 rings (SSSR count). The number of rotatable bonds is 0. The van der Waals surface area contributed by atoms with Gasteiger partial charge in [-0.15, -0.1) is 0 Å². The van der Waals surface area contributed by atoms with Crippen molar-refractivity contribution in [1.82, 2.24) is 9.97 Å². The smallest absolute Gasteiger partial charge is 0.233 e. The van der Waals surface area contributed by atoms with Crippen LogP contribution in [0.2, 0.25) is 10.0 Å². The molecule has 0 aliphatic heterocycles. The fraction of sp³-hybridized carbons (Fsp3) is 0.111. The van der Waals surface area contributed by atoms with Crippen LogP contribution in [-0.4, -0.2) is 15.1 Å². The lowest BCUT2D eigenvalue weighted by Crippen LogP contribution is -1.89. The number of nitrogens with zero attached hydrogens (tertiary/aromatic N) is 2. The zero-order valence-electron chi connectivity index (χ0n) is 7.25. The molecule has 1 aromatic carbocycles. The van der Waals surface area contributed by atoms with Gasteiger partial charge in [-0.05, 0) is 19.1 Å². The van der Waals surface area contributed by atoms with Gasteiger partial charge in [-0.25, -0.2) is 9.97 Å². The van der Waals surface area contributed by atoms with E-state index in [2.05, 4.69) is 9.97 Å². The summed E-state index contributed by atoms with van der Waals surface area (Å²) in [5.41, 5.74) is 1.62. The highest BCUT2D eigenvalue weighted by Crippen LogP contribution is 2.27. The molecule has 14 heavy (non-hydrogen) atoms. The van der Waals surface area contributed by atoms with Crippen LogP contribution in [0.25, 0.3) is 11.0 Å². The Balaban J connectivity index is 2.83. The molecule has 1 aromatic heterocycles. The molecule has 0 saturated carbocycles. The summed E-state index contributed by atoms with van der Waals surface area (Å²) in [5, 5.41) is 10.2. The average molecular weight is 229 g/mol. The Hall–Kier alpha value is -1.06. The zero-order chi connectivity index (χ0) is 10.3. The van der Waals surface area contributed by atoms with Crippen molar-refractivity contribution in [3.63, 3.8) is 0 Å². The van der Waals surface area contributed by atoms with Gasteiger partial charge in [0.2, 0.25) is 5.88 Å². The maximum atomic E-state index is 9.33. The molecule has 0 spiro atoms. The highest BCUT2D eigenvalue weighted by atomic mass is 35.5. The molecule has 1 N–H and O–H groups in total. The third-order valence-electron chi connectivity index (χ3n) is 1.86. The van der Waals surface area contributed by atoms with Crippen molar-refractivity contribution in [3.05, 3.63) is 27.9 Å². The molecule has 0 saturated heterocycles. The first-order valence-corrected chi connectivity index (χ1v) is 4.66. The van der Waals surface area contributed by atoms with Crippen molar-refractivity contribution >= 4 is 34.2 Å². The first-order chi connectivity index (χ1) is 6.58. The molecule has 3 nitrogen and oxygen atoms in total. The van der Waals surface area contributed by atoms with E-state index in [-0.39, 0.29) is 5.88 Å². The van der Waals surface area contributed by atoms with E-state index in [9.17, 15) is 5.11 Å². The molecule has 0 atom stereocenters. The largest absolute Gasteiger partial charge is 0.492 e. The van der Waals surface area contributed by atoms with Crippen LogP contribution in [0.3, 0.4) is 0 Å². The highest BCUT2D eigenvalue weighted by molar-refractivity contribution is 6.42. The van der Waals surface area contributed by atoms with E-state index < -0.39 is 0 Å². The minimum atomic E-state index is -0.0871. The van der Waals surface area contributed by atoms with E-state index in [1.165, 1.54) is 0 Å². The van der Waals surface area contributed by atoms with Gasteiger partial charge in [0.25, 0.3) is 0 Å². The van der Waals surface area contributed by atoms with Crippen LogP contribution in [-0.2, 0) is 0 Å². The summed E-state index contributed by atoms with van der Waals surface area (Å²) in [7, 11) is 0. The monoisotopic (exact) mass is 228 g/mol. The van der Waals surface area contributed by atoms with Crippen molar-refractivity contribution < 1.29 is 5.11 Å². The normalized spacial score (nSPS) is 10.8. The van der Waals surface area contributed by atoms with E-state index in [0.29, 0.717) is 26.8 Å². The predicted octanol–water partition coefficient (Wildman–Crippen LogP) is 2.95. The molecular formula is C9H6Cl2N2O. The van der Waals surface area contributed by atoms with Crippen LogP contribution in [0, 0.1) is 6.92 Å². The van der Waals surface area contributed by atoms with Gasteiger partial charge in [0.15, 0.2) is 0 Å². The van der Waals surface area contributed by atoms with Gasteiger partial charge in [-0.3, -0.25) is 0 Å². The van der Waals surface area contributed by atoms with Gasteiger partial charge in [-0.1, -0.05) is 23.2 Å². The zero-order valence-corrected chi connectivity index (χ0v) is 8.76. The van der Waals surface area contributed by atoms with Crippen molar-refractivity contribution in [2.75, 3.05) is 0 Å². The van der Waals surface area contributed by atoms with E-state index in [0.717, 1.165) is 0 Å². The summed E-state index contributed by atoms with van der Waals surface area (Å²) in [6, 6.07) is 3.20. The molecule has 0 aliphatic carbocycles. The van der Waals surface area contributed by atoms with Gasteiger partial charge in [0.1, 0.15) is 0 Å².